The van der Waals surface area contributed by atoms with Crippen LogP contribution in [0.1, 0.15) is 11.1 Å². The molecule has 1 amide bonds. The molecule has 5 nitrogen and oxygen atoms in total. The normalized spacial score (nSPS) is 11.0. The largest absolute Gasteiger partial charge is 0.489 e. The minimum Gasteiger partial charge on any atom is -0.489 e. The summed E-state index contributed by atoms with van der Waals surface area (Å²) >= 11 is 0. The third-order valence-electron chi connectivity index (χ3n) is 4.25. The summed E-state index contributed by atoms with van der Waals surface area (Å²) in [5, 5.41) is 6.46. The van der Waals surface area contributed by atoms with Crippen LogP contribution in [-0.2, 0) is 16.2 Å². The van der Waals surface area contributed by atoms with Crippen LogP contribution < -0.4 is 10.1 Å². The number of oxime groups is 1. The third-order valence-corrected chi connectivity index (χ3v) is 4.25. The van der Waals surface area contributed by atoms with E-state index < -0.39 is 0 Å². The van der Waals surface area contributed by atoms with Crippen molar-refractivity contribution < 1.29 is 14.4 Å². The maximum Gasteiger partial charge on any atom is 0.273 e. The molecule has 3 aromatic rings. The van der Waals surface area contributed by atoms with Gasteiger partial charge >= 0.3 is 0 Å². The lowest BCUT2D eigenvalue weighted by Gasteiger charge is -2.12. The second kappa shape index (κ2) is 9.37. The van der Waals surface area contributed by atoms with E-state index in [4.69, 9.17) is 9.57 Å². The van der Waals surface area contributed by atoms with Gasteiger partial charge in [0, 0.05) is 12.6 Å². The predicted molar refractivity (Wildman–Crippen MR) is 110 cm³/mol. The van der Waals surface area contributed by atoms with E-state index >= 15 is 0 Å². The average Bonchev–Trinajstić information content (AvgIpc) is 2.77. The van der Waals surface area contributed by atoms with Gasteiger partial charge in [0.2, 0.25) is 0 Å². The smallest absolute Gasteiger partial charge is 0.273 e. The zero-order valence-electron chi connectivity index (χ0n) is 15.9. The maximum atomic E-state index is 12.1. The van der Waals surface area contributed by atoms with Crippen LogP contribution in [0.25, 0.3) is 11.1 Å². The number of nitrogens with one attached hydrogen (secondary N) is 1. The Bertz CT molecular complexity index is 951. The molecule has 0 atom stereocenters. The van der Waals surface area contributed by atoms with Crippen molar-refractivity contribution in [2.45, 2.75) is 6.61 Å². The minimum atomic E-state index is -0.318. The van der Waals surface area contributed by atoms with E-state index in [0.717, 1.165) is 22.4 Å². The van der Waals surface area contributed by atoms with Crippen LogP contribution in [0.5, 0.6) is 5.75 Å². The minimum absolute atomic E-state index is 0.212. The highest BCUT2D eigenvalue weighted by atomic mass is 16.6. The molecule has 5 heteroatoms. The van der Waals surface area contributed by atoms with Crippen LogP contribution >= 0.6 is 0 Å². The van der Waals surface area contributed by atoms with Gasteiger partial charge in [0.15, 0.2) is 5.71 Å². The first-order valence-corrected chi connectivity index (χ1v) is 8.92. The average molecular weight is 374 g/mol. The first kappa shape index (κ1) is 19.2. The molecule has 0 unspecified atom stereocenters. The van der Waals surface area contributed by atoms with Crippen molar-refractivity contribution in [3.8, 4) is 16.9 Å². The van der Waals surface area contributed by atoms with Crippen molar-refractivity contribution in [1.29, 1.82) is 0 Å². The van der Waals surface area contributed by atoms with Crippen LogP contribution in [0, 0.1) is 0 Å². The molecule has 0 spiro atoms. The Hall–Kier alpha value is -3.60. The second-order valence-electron chi connectivity index (χ2n) is 6.04. The number of likely N-dealkylation sites (N-methyl/N-ethyl adjacent to an activating group) is 1. The summed E-state index contributed by atoms with van der Waals surface area (Å²) in [5.41, 5.74) is 4.01. The lowest BCUT2D eigenvalue weighted by molar-refractivity contribution is -0.114. The molecule has 0 aliphatic heterocycles. The molecular weight excluding hydrogens is 352 g/mol. The van der Waals surface area contributed by atoms with Crippen LogP contribution in [0.3, 0.4) is 0 Å². The number of carbonyl (C=O) groups excluding carboxylic acids is 1. The summed E-state index contributed by atoms with van der Waals surface area (Å²) < 4.78 is 5.94. The van der Waals surface area contributed by atoms with Gasteiger partial charge in [-0.3, -0.25) is 4.79 Å². The number of amides is 1. The number of hydrogen-bond acceptors (Lipinski definition) is 4. The Morgan fingerprint density at radius 2 is 1.54 bits per heavy atom. The van der Waals surface area contributed by atoms with Gasteiger partial charge in [0.05, 0.1) is 0 Å². The fourth-order valence-corrected chi connectivity index (χ4v) is 2.84. The van der Waals surface area contributed by atoms with Crippen molar-refractivity contribution in [2.24, 2.45) is 5.16 Å². The van der Waals surface area contributed by atoms with E-state index in [2.05, 4.69) is 22.6 Å². The van der Waals surface area contributed by atoms with Crippen LogP contribution in [0.4, 0.5) is 0 Å². The fourth-order valence-electron chi connectivity index (χ4n) is 2.84. The van der Waals surface area contributed by atoms with E-state index in [9.17, 15) is 4.79 Å². The van der Waals surface area contributed by atoms with Gasteiger partial charge in [-0.05, 0) is 28.8 Å². The van der Waals surface area contributed by atoms with E-state index in [-0.39, 0.29) is 11.6 Å². The van der Waals surface area contributed by atoms with E-state index in [1.165, 1.54) is 7.11 Å². The zero-order chi connectivity index (χ0) is 19.8. The van der Waals surface area contributed by atoms with Crippen LogP contribution in [0.15, 0.2) is 84.0 Å². The Labute approximate surface area is 164 Å². The molecule has 0 aliphatic rings. The SMILES string of the molecule is CNC(=O)C(=NOC)c1ccccc1COc1ccc(-c2ccccc2)cc1. The highest BCUT2D eigenvalue weighted by molar-refractivity contribution is 6.45. The van der Waals surface area contributed by atoms with E-state index in [1.807, 2.05) is 66.7 Å². The highest BCUT2D eigenvalue weighted by Gasteiger charge is 2.17. The maximum absolute atomic E-state index is 12.1. The molecule has 3 aromatic carbocycles. The van der Waals surface area contributed by atoms with Gasteiger partial charge < -0.3 is 14.9 Å². The molecule has 0 bridgehead atoms. The third kappa shape index (κ3) is 4.57. The molecule has 0 heterocycles. The molecule has 0 saturated heterocycles. The Balaban J connectivity index is 1.76. The number of rotatable bonds is 7. The summed E-state index contributed by atoms with van der Waals surface area (Å²) in [7, 11) is 2.97. The summed E-state index contributed by atoms with van der Waals surface area (Å²) in [6.45, 7) is 0.306. The summed E-state index contributed by atoms with van der Waals surface area (Å²) in [6, 6.07) is 25.6. The van der Waals surface area contributed by atoms with Gasteiger partial charge in [-0.15, -0.1) is 0 Å². The zero-order valence-corrected chi connectivity index (χ0v) is 15.9. The van der Waals surface area contributed by atoms with Crippen molar-refractivity contribution in [3.63, 3.8) is 0 Å². The van der Waals surface area contributed by atoms with Crippen molar-refractivity contribution >= 4 is 11.6 Å². The Kier molecular flexibility index (Phi) is 6.41. The molecular formula is C23H22N2O3. The van der Waals surface area contributed by atoms with Gasteiger partial charge in [-0.25, -0.2) is 0 Å². The summed E-state index contributed by atoms with van der Waals surface area (Å²) in [6.07, 6.45) is 0. The monoisotopic (exact) mass is 374 g/mol. The Morgan fingerprint density at radius 1 is 0.893 bits per heavy atom. The summed E-state index contributed by atoms with van der Waals surface area (Å²) in [5.74, 6) is 0.432. The number of carbonyl (C=O) groups is 1. The fraction of sp³-hybridized carbons (Fsp3) is 0.130. The molecule has 0 fully saturated rings. The number of ether oxygens (including phenoxy) is 1. The highest BCUT2D eigenvalue weighted by Crippen LogP contribution is 2.23. The quantitative estimate of drug-likeness (QED) is 0.502. The molecule has 0 aliphatic carbocycles. The molecule has 0 aromatic heterocycles. The summed E-state index contributed by atoms with van der Waals surface area (Å²) in [4.78, 5) is 17.0. The molecule has 0 radical (unpaired) electrons. The topological polar surface area (TPSA) is 59.9 Å². The molecule has 3 rings (SSSR count). The lowest BCUT2D eigenvalue weighted by Crippen LogP contribution is -2.29. The van der Waals surface area contributed by atoms with Crippen LogP contribution in [0.2, 0.25) is 0 Å². The van der Waals surface area contributed by atoms with Gasteiger partial charge in [-0.2, -0.15) is 0 Å². The molecule has 28 heavy (non-hydrogen) atoms. The standard InChI is InChI=1S/C23H22N2O3/c1-24-23(26)22(25-27-2)21-11-7-6-10-19(21)16-28-20-14-12-18(13-15-20)17-8-4-3-5-9-17/h3-15H,16H2,1-2H3,(H,24,26). The Morgan fingerprint density at radius 3 is 2.21 bits per heavy atom. The van der Waals surface area contributed by atoms with Gasteiger partial charge in [0.1, 0.15) is 19.5 Å². The van der Waals surface area contributed by atoms with E-state index in [0.29, 0.717) is 12.2 Å². The lowest BCUT2D eigenvalue weighted by atomic mass is 10.0. The molecule has 0 saturated carbocycles. The first-order valence-electron chi connectivity index (χ1n) is 8.92. The van der Waals surface area contributed by atoms with E-state index in [1.54, 1.807) is 7.05 Å². The van der Waals surface area contributed by atoms with Crippen molar-refractivity contribution in [1.82, 2.24) is 5.32 Å². The predicted octanol–water partition coefficient (Wildman–Crippen LogP) is 4.03. The van der Waals surface area contributed by atoms with Crippen molar-refractivity contribution in [2.75, 3.05) is 14.2 Å². The van der Waals surface area contributed by atoms with Crippen molar-refractivity contribution in [3.05, 3.63) is 90.0 Å². The van der Waals surface area contributed by atoms with Gasteiger partial charge in [-0.1, -0.05) is 71.9 Å². The number of benzene rings is 3. The molecule has 142 valence electrons. The first-order chi connectivity index (χ1) is 13.7. The second-order valence-corrected chi connectivity index (χ2v) is 6.04. The number of hydrogen-bond donors (Lipinski definition) is 1. The van der Waals surface area contributed by atoms with Crippen LogP contribution in [-0.4, -0.2) is 25.8 Å². The molecule has 1 N–H and O–H groups in total. The van der Waals surface area contributed by atoms with Gasteiger partial charge in [0.25, 0.3) is 5.91 Å². The number of nitrogens with zero attached hydrogens (tertiary/aromatic N) is 1.